The lowest BCUT2D eigenvalue weighted by Gasteiger charge is -2.33. The van der Waals surface area contributed by atoms with Gasteiger partial charge in [0, 0.05) is 18.0 Å². The molecule has 2 atom stereocenters. The Balaban J connectivity index is 2.20. The zero-order chi connectivity index (χ0) is 14.0. The molecule has 2 unspecified atom stereocenters. The van der Waals surface area contributed by atoms with Crippen LogP contribution >= 0.6 is 11.3 Å². The minimum Gasteiger partial charge on any atom is -0.330 e. The van der Waals surface area contributed by atoms with Gasteiger partial charge >= 0.3 is 0 Å². The topological polar surface area (TPSA) is 63.4 Å². The fourth-order valence-electron chi connectivity index (χ4n) is 2.70. The molecule has 0 bridgehead atoms. The lowest BCUT2D eigenvalue weighted by Crippen LogP contribution is -2.42. The van der Waals surface area contributed by atoms with E-state index in [4.69, 9.17) is 5.73 Å². The summed E-state index contributed by atoms with van der Waals surface area (Å²) in [4.78, 5) is 1.04. The predicted octanol–water partition coefficient (Wildman–Crippen LogP) is 1.92. The number of thiophene rings is 1. The third-order valence-corrected chi connectivity index (χ3v) is 6.90. The van der Waals surface area contributed by atoms with E-state index in [0.29, 0.717) is 35.7 Å². The van der Waals surface area contributed by atoms with Gasteiger partial charge in [-0.15, -0.1) is 11.3 Å². The molecule has 19 heavy (non-hydrogen) atoms. The van der Waals surface area contributed by atoms with Crippen LogP contribution in [0.15, 0.2) is 16.3 Å². The average molecular weight is 302 g/mol. The number of sulfonamides is 1. The lowest BCUT2D eigenvalue weighted by molar-refractivity contribution is 0.223. The molecule has 2 N–H and O–H groups in total. The van der Waals surface area contributed by atoms with Gasteiger partial charge in [-0.05, 0) is 43.4 Å². The van der Waals surface area contributed by atoms with Crippen LogP contribution in [0.4, 0.5) is 0 Å². The second-order valence-electron chi connectivity index (χ2n) is 5.53. The molecular formula is C13H22N2O2S2. The first-order valence-corrected chi connectivity index (χ1v) is 8.98. The Morgan fingerprint density at radius 3 is 2.53 bits per heavy atom. The van der Waals surface area contributed by atoms with Crippen molar-refractivity contribution in [3.8, 4) is 0 Å². The summed E-state index contributed by atoms with van der Waals surface area (Å²) in [5.41, 5.74) is 5.50. The highest BCUT2D eigenvalue weighted by molar-refractivity contribution is 7.91. The zero-order valence-corrected chi connectivity index (χ0v) is 13.1. The number of hydrogen-bond donors (Lipinski definition) is 1. The molecule has 1 aliphatic heterocycles. The zero-order valence-electron chi connectivity index (χ0n) is 11.5. The third kappa shape index (κ3) is 3.37. The molecule has 1 aromatic rings. The fraction of sp³-hybridized carbons (Fsp3) is 0.692. The second kappa shape index (κ2) is 5.91. The van der Waals surface area contributed by atoms with Gasteiger partial charge in [-0.1, -0.05) is 13.8 Å². The van der Waals surface area contributed by atoms with Crippen molar-refractivity contribution in [1.82, 2.24) is 4.31 Å². The number of nitrogens with zero attached hydrogens (tertiary/aromatic N) is 1. The van der Waals surface area contributed by atoms with Crippen LogP contribution in [0.25, 0.3) is 0 Å². The van der Waals surface area contributed by atoms with E-state index >= 15 is 0 Å². The Morgan fingerprint density at radius 1 is 1.32 bits per heavy atom. The molecule has 4 nitrogen and oxygen atoms in total. The van der Waals surface area contributed by atoms with Crippen LogP contribution in [0.2, 0.25) is 0 Å². The lowest BCUT2D eigenvalue weighted by atomic mass is 9.94. The first-order valence-electron chi connectivity index (χ1n) is 6.72. The Hall–Kier alpha value is -0.430. The summed E-state index contributed by atoms with van der Waals surface area (Å²) >= 11 is 1.35. The summed E-state index contributed by atoms with van der Waals surface area (Å²) in [6, 6.07) is 3.59. The molecule has 0 amide bonds. The molecule has 0 spiro atoms. The molecule has 1 fully saturated rings. The largest absolute Gasteiger partial charge is 0.330 e. The smallest absolute Gasteiger partial charge is 0.252 e. The molecule has 1 aromatic heterocycles. The van der Waals surface area contributed by atoms with Crippen LogP contribution in [0, 0.1) is 11.8 Å². The summed E-state index contributed by atoms with van der Waals surface area (Å²) in [6.45, 7) is 6.06. The van der Waals surface area contributed by atoms with Gasteiger partial charge in [-0.3, -0.25) is 0 Å². The molecule has 2 heterocycles. The van der Waals surface area contributed by atoms with Crippen molar-refractivity contribution in [3.63, 3.8) is 0 Å². The van der Waals surface area contributed by atoms with E-state index in [-0.39, 0.29) is 0 Å². The number of rotatable bonds is 4. The summed E-state index contributed by atoms with van der Waals surface area (Å²) in [5, 5.41) is 0. The number of piperidine rings is 1. The Morgan fingerprint density at radius 2 is 1.95 bits per heavy atom. The summed E-state index contributed by atoms with van der Waals surface area (Å²) in [7, 11) is -3.31. The van der Waals surface area contributed by atoms with Gasteiger partial charge in [0.2, 0.25) is 0 Å². The van der Waals surface area contributed by atoms with Crippen LogP contribution in [0.1, 0.15) is 25.1 Å². The molecular weight excluding hydrogens is 280 g/mol. The van der Waals surface area contributed by atoms with E-state index in [2.05, 4.69) is 13.8 Å². The first-order chi connectivity index (χ1) is 8.93. The maximum atomic E-state index is 12.6. The van der Waals surface area contributed by atoms with E-state index in [9.17, 15) is 8.42 Å². The molecule has 2 rings (SSSR count). The van der Waals surface area contributed by atoms with Gasteiger partial charge in [-0.25, -0.2) is 8.42 Å². The molecule has 0 radical (unpaired) electrons. The predicted molar refractivity (Wildman–Crippen MR) is 78.8 cm³/mol. The minimum absolute atomic E-state index is 0.432. The van der Waals surface area contributed by atoms with Crippen LogP contribution < -0.4 is 5.73 Å². The van der Waals surface area contributed by atoms with Crippen molar-refractivity contribution in [3.05, 3.63) is 17.0 Å². The molecule has 0 aromatic carbocycles. The monoisotopic (exact) mass is 302 g/mol. The van der Waals surface area contributed by atoms with Gasteiger partial charge in [0.25, 0.3) is 10.0 Å². The van der Waals surface area contributed by atoms with Crippen molar-refractivity contribution < 1.29 is 8.42 Å². The summed E-state index contributed by atoms with van der Waals surface area (Å²) in [5.74, 6) is 0.865. The van der Waals surface area contributed by atoms with Gasteiger partial charge in [-0.2, -0.15) is 4.31 Å². The summed E-state index contributed by atoms with van der Waals surface area (Å²) in [6.07, 6.45) is 1.85. The van der Waals surface area contributed by atoms with Crippen molar-refractivity contribution in [2.45, 2.75) is 30.9 Å². The highest BCUT2D eigenvalue weighted by Gasteiger charge is 2.32. The standard InChI is InChI=1S/C13H22N2O2S2/c1-10-7-11(2)9-15(8-10)19(16,17)13-4-3-12(18-13)5-6-14/h3-4,10-11H,5-9,14H2,1-2H3. The van der Waals surface area contributed by atoms with E-state index in [0.717, 1.165) is 17.7 Å². The van der Waals surface area contributed by atoms with Gasteiger partial charge in [0.15, 0.2) is 0 Å². The van der Waals surface area contributed by atoms with Crippen molar-refractivity contribution in [2.24, 2.45) is 17.6 Å². The van der Waals surface area contributed by atoms with E-state index in [1.54, 1.807) is 10.4 Å². The van der Waals surface area contributed by atoms with Crippen LogP contribution in [0.5, 0.6) is 0 Å². The molecule has 0 aliphatic carbocycles. The Bertz CT molecular complexity index is 515. The minimum atomic E-state index is -3.31. The summed E-state index contributed by atoms with van der Waals surface area (Å²) < 4.78 is 27.3. The second-order valence-corrected chi connectivity index (χ2v) is 8.86. The van der Waals surface area contributed by atoms with E-state index in [1.165, 1.54) is 11.3 Å². The third-order valence-electron chi connectivity index (χ3n) is 3.46. The first kappa shape index (κ1) is 15.0. The van der Waals surface area contributed by atoms with E-state index in [1.807, 2.05) is 6.07 Å². The van der Waals surface area contributed by atoms with Crippen LogP contribution in [0.3, 0.4) is 0 Å². The number of nitrogens with two attached hydrogens (primary N) is 1. The highest BCUT2D eigenvalue weighted by atomic mass is 32.2. The maximum absolute atomic E-state index is 12.6. The Kier molecular flexibility index (Phi) is 4.66. The molecule has 6 heteroatoms. The van der Waals surface area contributed by atoms with Crippen LogP contribution in [-0.4, -0.2) is 32.4 Å². The van der Waals surface area contributed by atoms with Crippen molar-refractivity contribution in [1.29, 1.82) is 0 Å². The van der Waals surface area contributed by atoms with Gasteiger partial charge < -0.3 is 5.73 Å². The normalized spacial score (nSPS) is 25.6. The fourth-order valence-corrected chi connectivity index (χ4v) is 5.91. The SMILES string of the molecule is CC1CC(C)CN(S(=O)(=O)c2ccc(CCN)s2)C1. The Labute approximate surface area is 119 Å². The molecule has 1 aliphatic rings. The van der Waals surface area contributed by atoms with Crippen LogP contribution in [-0.2, 0) is 16.4 Å². The van der Waals surface area contributed by atoms with Gasteiger partial charge in [0.05, 0.1) is 0 Å². The average Bonchev–Trinajstić information content (AvgIpc) is 2.77. The van der Waals surface area contributed by atoms with Gasteiger partial charge in [0.1, 0.15) is 4.21 Å². The molecule has 0 saturated carbocycles. The molecule has 108 valence electrons. The molecule has 1 saturated heterocycles. The van der Waals surface area contributed by atoms with Crippen molar-refractivity contribution >= 4 is 21.4 Å². The van der Waals surface area contributed by atoms with E-state index < -0.39 is 10.0 Å². The van der Waals surface area contributed by atoms with Crippen molar-refractivity contribution in [2.75, 3.05) is 19.6 Å². The highest BCUT2D eigenvalue weighted by Crippen LogP contribution is 2.30. The number of hydrogen-bond acceptors (Lipinski definition) is 4. The quantitative estimate of drug-likeness (QED) is 0.924. The maximum Gasteiger partial charge on any atom is 0.252 e.